The second kappa shape index (κ2) is 5.58. The molecule has 1 aliphatic heterocycles. The molecule has 1 heterocycles. The highest BCUT2D eigenvalue weighted by atomic mass is 16.2. The van der Waals surface area contributed by atoms with Gasteiger partial charge in [0.1, 0.15) is 0 Å². The molecule has 2 aromatic rings. The molecule has 4 heteroatoms. The van der Waals surface area contributed by atoms with Gasteiger partial charge in [-0.05, 0) is 25.6 Å². The third-order valence-corrected chi connectivity index (χ3v) is 3.72. The molecule has 108 valence electrons. The van der Waals surface area contributed by atoms with Gasteiger partial charge in [-0.15, -0.1) is 0 Å². The molecule has 4 nitrogen and oxygen atoms in total. The maximum Gasteiger partial charge on any atom is 0.251 e. The lowest BCUT2D eigenvalue weighted by molar-refractivity contribution is -0.121. The summed E-state index contributed by atoms with van der Waals surface area (Å²) in [5.41, 5.74) is 2.86. The molecular weight excluding hydrogens is 264 g/mol. The molecule has 1 unspecified atom stereocenters. The Hall–Kier alpha value is -2.33. The Morgan fingerprint density at radius 3 is 2.67 bits per heavy atom. The van der Waals surface area contributed by atoms with E-state index in [-0.39, 0.29) is 18.2 Å². The van der Waals surface area contributed by atoms with E-state index < -0.39 is 6.04 Å². The van der Waals surface area contributed by atoms with Gasteiger partial charge in [0.15, 0.2) is 0 Å². The number of benzene rings is 1. The Labute approximate surface area is 123 Å². The van der Waals surface area contributed by atoms with Gasteiger partial charge in [0.05, 0.1) is 18.2 Å². The first kappa shape index (κ1) is 13.6. The zero-order chi connectivity index (χ0) is 14.8. The van der Waals surface area contributed by atoms with Crippen LogP contribution in [0.2, 0.25) is 0 Å². The van der Waals surface area contributed by atoms with Crippen molar-refractivity contribution in [2.75, 3.05) is 4.90 Å². The highest BCUT2D eigenvalue weighted by molar-refractivity contribution is 6.22. The highest BCUT2D eigenvalue weighted by Gasteiger charge is 2.38. The molecule has 2 aromatic carbocycles. The van der Waals surface area contributed by atoms with E-state index in [4.69, 9.17) is 0 Å². The smallest absolute Gasteiger partial charge is 0.251 e. The van der Waals surface area contributed by atoms with Crippen LogP contribution in [0.1, 0.15) is 17.5 Å². The van der Waals surface area contributed by atoms with Crippen LogP contribution in [-0.2, 0) is 16.1 Å². The van der Waals surface area contributed by atoms with Gasteiger partial charge in [-0.25, -0.2) is 11.0 Å². The van der Waals surface area contributed by atoms with E-state index in [9.17, 15) is 9.59 Å². The van der Waals surface area contributed by atoms with Crippen LogP contribution in [0.25, 0.3) is 0 Å². The van der Waals surface area contributed by atoms with E-state index in [2.05, 4.69) is 5.32 Å². The van der Waals surface area contributed by atoms with Crippen molar-refractivity contribution >= 4 is 17.5 Å². The molecule has 21 heavy (non-hydrogen) atoms. The maximum atomic E-state index is 12.4. The summed E-state index contributed by atoms with van der Waals surface area (Å²) in [6.45, 7) is 2.57. The number of rotatable bonds is 4. The second-order valence-electron chi connectivity index (χ2n) is 5.33. The molecule has 1 aliphatic rings. The predicted molar refractivity (Wildman–Crippen MR) is 81.0 cm³/mol. The molecule has 0 spiro atoms. The zero-order valence-corrected chi connectivity index (χ0v) is 11.9. The van der Waals surface area contributed by atoms with Gasteiger partial charge in [0.25, 0.3) is 5.91 Å². The van der Waals surface area contributed by atoms with Crippen LogP contribution in [0.3, 0.4) is 0 Å². The summed E-state index contributed by atoms with van der Waals surface area (Å²) in [6.07, 6.45) is 0.216. The largest absolute Gasteiger partial charge is 0.314 e. The SMILES string of the molecule is Cc1ccc(N2C(=O)CC(NCc3cc[cH-]c3)C2=O)cc1. The summed E-state index contributed by atoms with van der Waals surface area (Å²) in [7, 11) is 0. The molecule has 0 bridgehead atoms. The highest BCUT2D eigenvalue weighted by Crippen LogP contribution is 2.23. The number of imide groups is 1. The van der Waals surface area contributed by atoms with Crippen molar-refractivity contribution in [2.45, 2.75) is 25.9 Å². The van der Waals surface area contributed by atoms with Crippen LogP contribution < -0.4 is 10.2 Å². The minimum atomic E-state index is -0.436. The summed E-state index contributed by atoms with van der Waals surface area (Å²) >= 11 is 0. The van der Waals surface area contributed by atoms with Gasteiger partial charge >= 0.3 is 0 Å². The van der Waals surface area contributed by atoms with Crippen LogP contribution >= 0.6 is 0 Å². The van der Waals surface area contributed by atoms with E-state index in [0.29, 0.717) is 12.2 Å². The maximum absolute atomic E-state index is 12.4. The first-order valence-corrected chi connectivity index (χ1v) is 7.02. The number of nitrogens with one attached hydrogen (secondary N) is 1. The molecule has 0 radical (unpaired) electrons. The third kappa shape index (κ3) is 2.76. The van der Waals surface area contributed by atoms with Crippen molar-refractivity contribution in [3.05, 3.63) is 59.7 Å². The van der Waals surface area contributed by atoms with Crippen molar-refractivity contribution in [2.24, 2.45) is 0 Å². The lowest BCUT2D eigenvalue weighted by Crippen LogP contribution is -2.38. The molecule has 0 aromatic heterocycles. The Bertz CT molecular complexity index is 644. The second-order valence-corrected chi connectivity index (χ2v) is 5.33. The van der Waals surface area contributed by atoms with E-state index in [0.717, 1.165) is 11.1 Å². The van der Waals surface area contributed by atoms with Crippen molar-refractivity contribution in [3.8, 4) is 0 Å². The monoisotopic (exact) mass is 281 g/mol. The molecule has 3 rings (SSSR count). The average Bonchev–Trinajstić information content (AvgIpc) is 3.07. The number of amides is 2. The van der Waals surface area contributed by atoms with Gasteiger partial charge in [-0.3, -0.25) is 9.59 Å². The molecule has 0 aliphatic carbocycles. The van der Waals surface area contributed by atoms with Gasteiger partial charge in [-0.2, -0.15) is 23.8 Å². The van der Waals surface area contributed by atoms with Crippen molar-refractivity contribution in [1.29, 1.82) is 0 Å². The number of hydrogen-bond donors (Lipinski definition) is 1. The van der Waals surface area contributed by atoms with Gasteiger partial charge in [0, 0.05) is 0 Å². The topological polar surface area (TPSA) is 49.4 Å². The lowest BCUT2D eigenvalue weighted by atomic mass is 10.2. The quantitative estimate of drug-likeness (QED) is 0.690. The third-order valence-electron chi connectivity index (χ3n) is 3.72. The van der Waals surface area contributed by atoms with E-state index >= 15 is 0 Å². The molecule has 1 N–H and O–H groups in total. The Morgan fingerprint density at radius 2 is 2.00 bits per heavy atom. The summed E-state index contributed by atoms with van der Waals surface area (Å²) in [4.78, 5) is 25.8. The van der Waals surface area contributed by atoms with Gasteiger partial charge in [0.2, 0.25) is 5.91 Å². The van der Waals surface area contributed by atoms with Crippen LogP contribution in [0.5, 0.6) is 0 Å². The standard InChI is InChI=1S/C17H17N2O2/c1-12-6-8-14(9-7-12)19-16(20)10-15(17(19)21)18-11-13-4-2-3-5-13/h2-9,15,18H,10-11H2,1H3/q-1. The van der Waals surface area contributed by atoms with E-state index in [1.807, 2.05) is 55.5 Å². The fourth-order valence-electron chi connectivity index (χ4n) is 2.53. The van der Waals surface area contributed by atoms with E-state index in [1.54, 1.807) is 0 Å². The predicted octanol–water partition coefficient (Wildman–Crippen LogP) is 2.14. The number of hydrogen-bond acceptors (Lipinski definition) is 3. The average molecular weight is 281 g/mol. The Balaban J connectivity index is 1.71. The molecule has 1 saturated heterocycles. The minimum absolute atomic E-state index is 0.149. The van der Waals surface area contributed by atoms with Crippen LogP contribution in [0, 0.1) is 6.92 Å². The first-order chi connectivity index (χ1) is 10.1. The molecular formula is C17H17N2O2-. The number of anilines is 1. The fourth-order valence-corrected chi connectivity index (χ4v) is 2.53. The Kier molecular flexibility index (Phi) is 3.62. The van der Waals surface area contributed by atoms with Crippen molar-refractivity contribution in [1.82, 2.24) is 5.32 Å². The molecule has 1 fully saturated rings. The van der Waals surface area contributed by atoms with Crippen LogP contribution in [-0.4, -0.2) is 17.9 Å². The van der Waals surface area contributed by atoms with Crippen molar-refractivity contribution < 1.29 is 9.59 Å². The number of nitrogens with zero attached hydrogens (tertiary/aromatic N) is 1. The molecule has 0 saturated carbocycles. The number of carbonyl (C=O) groups is 2. The summed E-state index contributed by atoms with van der Waals surface area (Å²) < 4.78 is 0. The minimum Gasteiger partial charge on any atom is -0.314 e. The first-order valence-electron chi connectivity index (χ1n) is 7.02. The molecule has 1 atom stereocenters. The summed E-state index contributed by atoms with van der Waals surface area (Å²) in [5, 5.41) is 3.16. The van der Waals surface area contributed by atoms with Crippen LogP contribution in [0.4, 0.5) is 5.69 Å². The normalized spacial score (nSPS) is 18.5. The van der Waals surface area contributed by atoms with Crippen molar-refractivity contribution in [3.63, 3.8) is 0 Å². The number of carbonyl (C=O) groups excluding carboxylic acids is 2. The Morgan fingerprint density at radius 1 is 1.24 bits per heavy atom. The van der Waals surface area contributed by atoms with Crippen LogP contribution in [0.15, 0.2) is 48.5 Å². The van der Waals surface area contributed by atoms with Gasteiger partial charge in [-0.1, -0.05) is 17.7 Å². The summed E-state index contributed by atoms with van der Waals surface area (Å²) in [5.74, 6) is -0.320. The lowest BCUT2D eigenvalue weighted by Gasteiger charge is -2.16. The fraction of sp³-hybridized carbons (Fsp3) is 0.235. The van der Waals surface area contributed by atoms with E-state index in [1.165, 1.54) is 4.90 Å². The van der Waals surface area contributed by atoms with Gasteiger partial charge < -0.3 is 5.32 Å². The summed E-state index contributed by atoms with van der Waals surface area (Å²) in [6, 6.07) is 14.9. The zero-order valence-electron chi connectivity index (χ0n) is 11.9. The number of aryl methyl sites for hydroxylation is 1. The molecule has 2 amide bonds.